The maximum Gasteiger partial charge on any atom is 0.276 e. The Labute approximate surface area is 115 Å². The maximum atomic E-state index is 12.0. The molecular weight excluding hydrogens is 290 g/mol. The fraction of sp³-hybridized carbons (Fsp3) is 0. The van der Waals surface area contributed by atoms with Crippen molar-refractivity contribution in [2.75, 3.05) is 10.5 Å². The lowest BCUT2D eigenvalue weighted by atomic mass is 10.3. The summed E-state index contributed by atoms with van der Waals surface area (Å²) in [6, 6.07) is 8.43. The van der Waals surface area contributed by atoms with Gasteiger partial charge in [-0.25, -0.2) is 13.1 Å². The van der Waals surface area contributed by atoms with Crippen LogP contribution in [0, 0.1) is 5.21 Å². The summed E-state index contributed by atoms with van der Waals surface area (Å²) in [6.07, 6.45) is 1.03. The van der Waals surface area contributed by atoms with E-state index in [2.05, 4.69) is 4.72 Å². The smallest absolute Gasteiger partial charge is 0.276 e. The molecule has 0 unspecified atom stereocenters. The van der Waals surface area contributed by atoms with Crippen LogP contribution in [0.1, 0.15) is 0 Å². The van der Waals surface area contributed by atoms with Crippen LogP contribution in [0.15, 0.2) is 47.5 Å². The van der Waals surface area contributed by atoms with Crippen LogP contribution in [0.3, 0.4) is 0 Å². The van der Waals surface area contributed by atoms with Gasteiger partial charge in [0.15, 0.2) is 0 Å². The van der Waals surface area contributed by atoms with Crippen molar-refractivity contribution in [3.63, 3.8) is 0 Å². The summed E-state index contributed by atoms with van der Waals surface area (Å²) >= 11 is 5.71. The van der Waals surface area contributed by atoms with Gasteiger partial charge in [0.2, 0.25) is 0 Å². The molecule has 0 atom stereocenters. The van der Waals surface area contributed by atoms with Crippen molar-refractivity contribution in [1.82, 2.24) is 0 Å². The fourth-order valence-corrected chi connectivity index (χ4v) is 2.59. The predicted molar refractivity (Wildman–Crippen MR) is 72.1 cm³/mol. The third-order valence-corrected chi connectivity index (χ3v) is 3.96. The first-order valence-corrected chi connectivity index (χ1v) is 7.02. The molecule has 0 aliphatic carbocycles. The molecule has 2 aromatic rings. The second-order valence-corrected chi connectivity index (χ2v) is 5.84. The van der Waals surface area contributed by atoms with Crippen LogP contribution < -0.4 is 15.2 Å². The largest absolute Gasteiger partial charge is 0.711 e. The van der Waals surface area contributed by atoms with Crippen LogP contribution in [0.2, 0.25) is 5.02 Å². The van der Waals surface area contributed by atoms with E-state index in [0.717, 1.165) is 12.3 Å². The SMILES string of the molecule is Nc1cc(S(=O)(=O)Nc2ccc(Cl)cc2)cc[n+]1[O-]. The number of sulfonamides is 1. The van der Waals surface area contributed by atoms with Gasteiger partial charge in [-0.3, -0.25) is 10.5 Å². The van der Waals surface area contributed by atoms with Gasteiger partial charge in [0.1, 0.15) is 0 Å². The first kappa shape index (κ1) is 13.4. The van der Waals surface area contributed by atoms with Crippen LogP contribution in [-0.2, 0) is 10.0 Å². The summed E-state index contributed by atoms with van der Waals surface area (Å²) in [6.45, 7) is 0. The molecule has 0 saturated heterocycles. The fourth-order valence-electron chi connectivity index (χ4n) is 1.38. The Morgan fingerprint density at radius 1 is 1.21 bits per heavy atom. The molecule has 8 heteroatoms. The van der Waals surface area contributed by atoms with E-state index in [1.165, 1.54) is 18.2 Å². The standard InChI is InChI=1S/C11H10ClN3O3S/c12-8-1-3-9(4-2-8)14-19(17,18)10-5-6-15(16)11(13)7-10/h1-7,14H,13H2. The molecule has 0 amide bonds. The van der Waals surface area contributed by atoms with Crippen molar-refractivity contribution in [2.45, 2.75) is 4.90 Å². The first-order chi connectivity index (χ1) is 8.88. The molecule has 100 valence electrons. The minimum absolute atomic E-state index is 0.0907. The Kier molecular flexibility index (Phi) is 3.50. The van der Waals surface area contributed by atoms with Gasteiger partial charge >= 0.3 is 0 Å². The van der Waals surface area contributed by atoms with Crippen molar-refractivity contribution in [2.24, 2.45) is 0 Å². The Morgan fingerprint density at radius 3 is 2.42 bits per heavy atom. The van der Waals surface area contributed by atoms with E-state index in [-0.39, 0.29) is 10.7 Å². The van der Waals surface area contributed by atoms with Gasteiger partial charge in [-0.05, 0) is 30.3 Å². The van der Waals surface area contributed by atoms with Crippen molar-refractivity contribution in [3.8, 4) is 0 Å². The van der Waals surface area contributed by atoms with Crippen molar-refractivity contribution in [3.05, 3.63) is 52.8 Å². The molecule has 1 aromatic heterocycles. The zero-order valence-corrected chi connectivity index (χ0v) is 11.1. The molecule has 19 heavy (non-hydrogen) atoms. The lowest BCUT2D eigenvalue weighted by Gasteiger charge is -2.09. The number of nitrogen functional groups attached to an aromatic ring is 1. The van der Waals surface area contributed by atoms with Crippen molar-refractivity contribution < 1.29 is 13.1 Å². The minimum Gasteiger partial charge on any atom is -0.711 e. The second kappa shape index (κ2) is 4.94. The number of nitrogens with one attached hydrogen (secondary N) is 1. The number of nitrogens with two attached hydrogens (primary N) is 1. The molecular formula is C11H10ClN3O3S. The number of nitrogens with zero attached hydrogens (tertiary/aromatic N) is 1. The molecule has 6 nitrogen and oxygen atoms in total. The Hall–Kier alpha value is -1.99. The van der Waals surface area contributed by atoms with Crippen LogP contribution in [0.5, 0.6) is 0 Å². The van der Waals surface area contributed by atoms with Gasteiger partial charge < -0.3 is 5.21 Å². The van der Waals surface area contributed by atoms with Crippen molar-refractivity contribution >= 4 is 33.1 Å². The number of benzene rings is 1. The molecule has 0 radical (unpaired) electrons. The highest BCUT2D eigenvalue weighted by Gasteiger charge is 2.16. The molecule has 1 aromatic carbocycles. The summed E-state index contributed by atoms with van der Waals surface area (Å²) in [5, 5.41) is 11.6. The molecule has 2 rings (SSSR count). The second-order valence-electron chi connectivity index (χ2n) is 3.73. The highest BCUT2D eigenvalue weighted by atomic mass is 35.5. The number of anilines is 2. The zero-order chi connectivity index (χ0) is 14.0. The average Bonchev–Trinajstić information content (AvgIpc) is 2.35. The van der Waals surface area contributed by atoms with Crippen LogP contribution in [0.4, 0.5) is 11.5 Å². The molecule has 0 saturated carbocycles. The third kappa shape index (κ3) is 3.07. The summed E-state index contributed by atoms with van der Waals surface area (Å²) in [5.74, 6) is -0.195. The zero-order valence-electron chi connectivity index (χ0n) is 9.58. The van der Waals surface area contributed by atoms with Crippen LogP contribution in [-0.4, -0.2) is 8.42 Å². The normalized spacial score (nSPS) is 11.2. The Bertz CT molecular complexity index is 702. The number of aromatic nitrogens is 1. The maximum absolute atomic E-state index is 12.0. The summed E-state index contributed by atoms with van der Waals surface area (Å²) in [4.78, 5) is -0.0907. The minimum atomic E-state index is -3.79. The van der Waals surface area contributed by atoms with E-state index in [9.17, 15) is 13.6 Å². The molecule has 0 bridgehead atoms. The average molecular weight is 300 g/mol. The highest BCUT2D eigenvalue weighted by Crippen LogP contribution is 2.18. The molecule has 0 spiro atoms. The van der Waals surface area contributed by atoms with Gasteiger partial charge in [0, 0.05) is 16.8 Å². The summed E-state index contributed by atoms with van der Waals surface area (Å²) in [5.41, 5.74) is 5.73. The number of pyridine rings is 1. The Morgan fingerprint density at radius 2 is 1.84 bits per heavy atom. The highest BCUT2D eigenvalue weighted by molar-refractivity contribution is 7.92. The number of hydrogen-bond acceptors (Lipinski definition) is 4. The van der Waals surface area contributed by atoms with E-state index >= 15 is 0 Å². The third-order valence-electron chi connectivity index (χ3n) is 2.33. The van der Waals surface area contributed by atoms with Crippen molar-refractivity contribution in [1.29, 1.82) is 0 Å². The predicted octanol–water partition coefficient (Wildman–Crippen LogP) is 1.36. The quantitative estimate of drug-likeness (QED) is 0.660. The molecule has 3 N–H and O–H groups in total. The topological polar surface area (TPSA) is 99.1 Å². The lowest BCUT2D eigenvalue weighted by molar-refractivity contribution is -0.590. The molecule has 0 aliphatic heterocycles. The monoisotopic (exact) mass is 299 g/mol. The van der Waals surface area contributed by atoms with Gasteiger partial charge in [-0.2, -0.15) is 0 Å². The van der Waals surface area contributed by atoms with E-state index in [1.54, 1.807) is 12.1 Å². The number of halogens is 1. The number of hydrogen-bond donors (Lipinski definition) is 2. The van der Waals surface area contributed by atoms with E-state index < -0.39 is 10.0 Å². The lowest BCUT2D eigenvalue weighted by Crippen LogP contribution is -2.30. The molecule has 1 heterocycles. The van der Waals surface area contributed by atoms with Crippen LogP contribution >= 0.6 is 11.6 Å². The van der Waals surface area contributed by atoms with Gasteiger partial charge in [0.25, 0.3) is 15.8 Å². The molecule has 0 aliphatic rings. The first-order valence-electron chi connectivity index (χ1n) is 5.15. The summed E-state index contributed by atoms with van der Waals surface area (Å²) < 4.78 is 26.8. The van der Waals surface area contributed by atoms with E-state index in [0.29, 0.717) is 15.4 Å². The van der Waals surface area contributed by atoms with Gasteiger partial charge in [-0.15, -0.1) is 0 Å². The van der Waals surface area contributed by atoms with Gasteiger partial charge in [0.05, 0.1) is 11.1 Å². The summed E-state index contributed by atoms with van der Waals surface area (Å²) in [7, 11) is -3.79. The number of rotatable bonds is 3. The Balaban J connectivity index is 2.32. The molecule has 0 fully saturated rings. The van der Waals surface area contributed by atoms with E-state index in [4.69, 9.17) is 17.3 Å². The van der Waals surface area contributed by atoms with Gasteiger partial charge in [-0.1, -0.05) is 11.6 Å². The van der Waals surface area contributed by atoms with E-state index in [1.807, 2.05) is 0 Å². The van der Waals surface area contributed by atoms with Crippen LogP contribution in [0.25, 0.3) is 0 Å².